The summed E-state index contributed by atoms with van der Waals surface area (Å²) in [4.78, 5) is 39.3. The van der Waals surface area contributed by atoms with Crippen LogP contribution < -0.4 is 14.8 Å². The SMILES string of the molecule is COCCOC(=O)C1=C(C)NC2=C(C(=O)[C@@H](C(=O)OC)[C@H](C)C2)[C@@H]1c1ccc2c(c1)OCO2. The van der Waals surface area contributed by atoms with Gasteiger partial charge in [0.05, 0.1) is 19.3 Å². The van der Waals surface area contributed by atoms with Crippen LogP contribution in [0.3, 0.4) is 0 Å². The summed E-state index contributed by atoms with van der Waals surface area (Å²) in [6, 6.07) is 5.30. The number of nitrogens with one attached hydrogen (secondary N) is 1. The normalized spacial score (nSPS) is 23.8. The molecule has 1 aromatic rings. The van der Waals surface area contributed by atoms with Gasteiger partial charge in [-0.05, 0) is 37.0 Å². The van der Waals surface area contributed by atoms with Gasteiger partial charge in [0.25, 0.3) is 0 Å². The Bertz CT molecular complexity index is 1060. The third kappa shape index (κ3) is 4.08. The van der Waals surface area contributed by atoms with Crippen molar-refractivity contribution >= 4 is 17.7 Å². The summed E-state index contributed by atoms with van der Waals surface area (Å²) in [5, 5.41) is 3.23. The maximum atomic E-state index is 13.7. The lowest BCUT2D eigenvalue weighted by atomic mass is 9.69. The minimum atomic E-state index is -0.948. The number of Topliss-reactive ketones (excluding diaryl/α,β-unsaturated/α-hetero) is 1. The number of benzene rings is 1. The molecule has 0 saturated heterocycles. The van der Waals surface area contributed by atoms with Gasteiger partial charge in [0.15, 0.2) is 17.3 Å². The number of carbonyl (C=O) groups excluding carboxylic acids is 3. The summed E-state index contributed by atoms with van der Waals surface area (Å²) in [5.41, 5.74) is 2.62. The Hall–Kier alpha value is -3.33. The first-order valence-electron chi connectivity index (χ1n) is 10.8. The fraction of sp³-hybridized carbons (Fsp3) is 0.458. The van der Waals surface area contributed by atoms with Crippen molar-refractivity contribution in [2.75, 3.05) is 34.2 Å². The van der Waals surface area contributed by atoms with Crippen LogP contribution in [0.1, 0.15) is 31.7 Å². The van der Waals surface area contributed by atoms with Gasteiger partial charge in [-0.25, -0.2) is 4.79 Å². The lowest BCUT2D eigenvalue weighted by Crippen LogP contribution is -2.43. The quantitative estimate of drug-likeness (QED) is 0.391. The maximum absolute atomic E-state index is 13.7. The monoisotopic (exact) mass is 457 g/mol. The Morgan fingerprint density at radius 3 is 2.64 bits per heavy atom. The number of ether oxygens (including phenoxy) is 5. The molecule has 2 heterocycles. The van der Waals surface area contributed by atoms with Crippen LogP contribution in [-0.4, -0.2) is 51.9 Å². The Kier molecular flexibility index (Phi) is 6.42. The second-order valence-corrected chi connectivity index (χ2v) is 8.28. The first-order chi connectivity index (χ1) is 15.9. The van der Waals surface area contributed by atoms with Crippen molar-refractivity contribution in [3.05, 3.63) is 46.3 Å². The average molecular weight is 457 g/mol. The van der Waals surface area contributed by atoms with E-state index in [1.54, 1.807) is 25.1 Å². The van der Waals surface area contributed by atoms with Crippen molar-refractivity contribution in [1.82, 2.24) is 5.32 Å². The van der Waals surface area contributed by atoms with Gasteiger partial charge < -0.3 is 29.0 Å². The smallest absolute Gasteiger partial charge is 0.336 e. The number of dihydropyridines is 1. The van der Waals surface area contributed by atoms with Gasteiger partial charge in [-0.1, -0.05) is 13.0 Å². The number of fused-ring (bicyclic) bond motifs is 1. The molecule has 176 valence electrons. The number of ketones is 1. The van der Waals surface area contributed by atoms with E-state index in [1.807, 2.05) is 6.92 Å². The van der Waals surface area contributed by atoms with Crippen LogP contribution in [0.2, 0.25) is 0 Å². The van der Waals surface area contributed by atoms with Crippen LogP contribution in [-0.2, 0) is 28.6 Å². The summed E-state index contributed by atoms with van der Waals surface area (Å²) in [6.07, 6.45) is 0.464. The molecule has 33 heavy (non-hydrogen) atoms. The number of esters is 2. The summed E-state index contributed by atoms with van der Waals surface area (Å²) in [7, 11) is 2.78. The van der Waals surface area contributed by atoms with Crippen LogP contribution in [0.15, 0.2) is 40.7 Å². The third-order valence-corrected chi connectivity index (χ3v) is 6.21. The average Bonchev–Trinajstić information content (AvgIpc) is 3.25. The van der Waals surface area contributed by atoms with Gasteiger partial charge in [0.2, 0.25) is 6.79 Å². The first-order valence-corrected chi connectivity index (χ1v) is 10.8. The molecular weight excluding hydrogens is 430 g/mol. The topological polar surface area (TPSA) is 109 Å². The van der Waals surface area contributed by atoms with E-state index in [-0.39, 0.29) is 31.7 Å². The van der Waals surface area contributed by atoms with Crippen LogP contribution >= 0.6 is 0 Å². The summed E-state index contributed by atoms with van der Waals surface area (Å²) < 4.78 is 26.3. The molecule has 9 nitrogen and oxygen atoms in total. The summed E-state index contributed by atoms with van der Waals surface area (Å²) in [5.74, 6) is -2.33. The molecule has 9 heteroatoms. The highest BCUT2D eigenvalue weighted by Crippen LogP contribution is 2.47. The molecule has 4 rings (SSSR count). The molecule has 0 bridgehead atoms. The molecular formula is C24H27NO8. The molecule has 1 N–H and O–H groups in total. The Labute approximate surface area is 191 Å². The standard InChI is InChI=1S/C24H27NO8/c1-12-9-15-21(22(26)18(12)23(27)30-4)20(14-5-6-16-17(10-14)33-11-32-16)19(13(2)25-15)24(28)31-8-7-29-3/h5-6,10,12,18,20,25H,7-9,11H2,1-4H3/t12-,18+,20-/m1/s1. The van der Waals surface area contributed by atoms with E-state index in [0.717, 1.165) is 0 Å². The fourth-order valence-electron chi connectivity index (χ4n) is 4.67. The van der Waals surface area contributed by atoms with Crippen molar-refractivity contribution in [1.29, 1.82) is 0 Å². The van der Waals surface area contributed by atoms with Crippen molar-refractivity contribution in [3.8, 4) is 11.5 Å². The van der Waals surface area contributed by atoms with Gasteiger partial charge in [-0.3, -0.25) is 9.59 Å². The van der Waals surface area contributed by atoms with Crippen LogP contribution in [0, 0.1) is 11.8 Å². The second kappa shape index (κ2) is 9.27. The summed E-state index contributed by atoms with van der Waals surface area (Å²) >= 11 is 0. The number of hydrogen-bond acceptors (Lipinski definition) is 9. The second-order valence-electron chi connectivity index (χ2n) is 8.28. The van der Waals surface area contributed by atoms with Crippen molar-refractivity contribution in [2.45, 2.75) is 26.2 Å². The molecule has 3 atom stereocenters. The van der Waals surface area contributed by atoms with Gasteiger partial charge in [0.1, 0.15) is 12.5 Å². The predicted molar refractivity (Wildman–Crippen MR) is 115 cm³/mol. The summed E-state index contributed by atoms with van der Waals surface area (Å²) in [6.45, 7) is 4.03. The van der Waals surface area contributed by atoms with E-state index in [1.165, 1.54) is 14.2 Å². The lowest BCUT2D eigenvalue weighted by molar-refractivity contribution is -0.151. The van der Waals surface area contributed by atoms with Crippen molar-refractivity contribution in [2.24, 2.45) is 11.8 Å². The van der Waals surface area contributed by atoms with Crippen LogP contribution in [0.4, 0.5) is 0 Å². The van der Waals surface area contributed by atoms with Gasteiger partial charge >= 0.3 is 11.9 Å². The zero-order chi connectivity index (χ0) is 23.7. The number of rotatable bonds is 6. The molecule has 3 aliphatic rings. The number of hydrogen-bond donors (Lipinski definition) is 1. The third-order valence-electron chi connectivity index (χ3n) is 6.21. The maximum Gasteiger partial charge on any atom is 0.336 e. The molecule has 2 aliphatic heterocycles. The van der Waals surface area contributed by atoms with E-state index in [4.69, 9.17) is 23.7 Å². The number of allylic oxidation sites excluding steroid dienone is 3. The molecule has 1 aromatic carbocycles. The van der Waals surface area contributed by atoms with E-state index in [9.17, 15) is 14.4 Å². The van der Waals surface area contributed by atoms with E-state index in [0.29, 0.717) is 46.0 Å². The number of methoxy groups -OCH3 is 2. The highest BCUT2D eigenvalue weighted by Gasteiger charge is 2.47. The Morgan fingerprint density at radius 1 is 1.15 bits per heavy atom. The minimum Gasteiger partial charge on any atom is -0.468 e. The van der Waals surface area contributed by atoms with Crippen LogP contribution in [0.5, 0.6) is 11.5 Å². The highest BCUT2D eigenvalue weighted by molar-refractivity contribution is 6.12. The lowest BCUT2D eigenvalue weighted by Gasteiger charge is -2.38. The predicted octanol–water partition coefficient (Wildman–Crippen LogP) is 2.22. The molecule has 0 spiro atoms. The minimum absolute atomic E-state index is 0.0711. The van der Waals surface area contributed by atoms with Crippen molar-refractivity contribution < 1.29 is 38.1 Å². The Balaban J connectivity index is 1.82. The van der Waals surface area contributed by atoms with E-state index >= 15 is 0 Å². The molecule has 0 amide bonds. The number of carbonyl (C=O) groups is 3. The molecule has 0 radical (unpaired) electrons. The van der Waals surface area contributed by atoms with Crippen LogP contribution in [0.25, 0.3) is 0 Å². The van der Waals surface area contributed by atoms with E-state index in [2.05, 4.69) is 5.32 Å². The Morgan fingerprint density at radius 2 is 1.91 bits per heavy atom. The first kappa shape index (κ1) is 22.8. The van der Waals surface area contributed by atoms with Crippen molar-refractivity contribution in [3.63, 3.8) is 0 Å². The van der Waals surface area contributed by atoms with Gasteiger partial charge in [0, 0.05) is 30.0 Å². The molecule has 0 unspecified atom stereocenters. The molecule has 1 aliphatic carbocycles. The molecule has 0 aromatic heterocycles. The largest absolute Gasteiger partial charge is 0.468 e. The molecule has 0 saturated carbocycles. The van der Waals surface area contributed by atoms with E-state index < -0.39 is 23.8 Å². The zero-order valence-electron chi connectivity index (χ0n) is 19.1. The fourth-order valence-corrected chi connectivity index (χ4v) is 4.67. The zero-order valence-corrected chi connectivity index (χ0v) is 19.1. The van der Waals surface area contributed by atoms with Gasteiger partial charge in [-0.2, -0.15) is 0 Å². The highest BCUT2D eigenvalue weighted by atomic mass is 16.7. The molecule has 0 fully saturated rings. The van der Waals surface area contributed by atoms with Gasteiger partial charge in [-0.15, -0.1) is 0 Å².